The van der Waals surface area contributed by atoms with Crippen LogP contribution in [0.4, 0.5) is 13.2 Å². The first-order valence-electron chi connectivity index (χ1n) is 10.1. The maximum atomic E-state index is 12.9. The Labute approximate surface area is 174 Å². The Morgan fingerprint density at radius 1 is 0.767 bits per heavy atom. The van der Waals surface area contributed by atoms with Crippen molar-refractivity contribution in [3.63, 3.8) is 0 Å². The van der Waals surface area contributed by atoms with Gasteiger partial charge in [0.2, 0.25) is 0 Å². The summed E-state index contributed by atoms with van der Waals surface area (Å²) >= 11 is 0. The summed E-state index contributed by atoms with van der Waals surface area (Å²) in [5, 5.41) is 0. The molecular weight excluding hydrogens is 387 g/mol. The zero-order valence-corrected chi connectivity index (χ0v) is 16.6. The summed E-state index contributed by atoms with van der Waals surface area (Å²) in [6, 6.07) is 25.3. The number of benzene rings is 3. The second-order valence-corrected chi connectivity index (χ2v) is 7.75. The Balaban J connectivity index is 1.52. The molecule has 1 fully saturated rings. The van der Waals surface area contributed by atoms with E-state index in [4.69, 9.17) is 4.74 Å². The number of alkyl halides is 3. The Bertz CT molecular complexity index is 932. The highest BCUT2D eigenvalue weighted by molar-refractivity contribution is 5.32. The van der Waals surface area contributed by atoms with E-state index in [1.807, 2.05) is 48.5 Å². The molecule has 0 N–H and O–H groups in total. The van der Waals surface area contributed by atoms with Gasteiger partial charge in [-0.05, 0) is 35.4 Å². The summed E-state index contributed by atoms with van der Waals surface area (Å²) in [4.78, 5) is 2.40. The van der Waals surface area contributed by atoms with Crippen LogP contribution < -0.4 is 4.74 Å². The van der Waals surface area contributed by atoms with Crippen molar-refractivity contribution in [1.29, 1.82) is 0 Å². The first-order valence-corrected chi connectivity index (χ1v) is 10.1. The van der Waals surface area contributed by atoms with E-state index in [1.165, 1.54) is 17.7 Å². The molecule has 0 unspecified atom stereocenters. The molecule has 1 heterocycles. The van der Waals surface area contributed by atoms with Gasteiger partial charge in [0.1, 0.15) is 11.4 Å². The SMILES string of the molecule is FC(F)(F)c1ccc(OC2(c3ccccc3)CCN(Cc3ccccc3)CC2)cc1. The average molecular weight is 411 g/mol. The molecule has 156 valence electrons. The van der Waals surface area contributed by atoms with Crippen LogP contribution in [0.5, 0.6) is 5.75 Å². The minimum absolute atomic E-state index is 0.461. The maximum Gasteiger partial charge on any atom is 0.416 e. The molecule has 0 saturated carbocycles. The van der Waals surface area contributed by atoms with E-state index in [0.717, 1.165) is 50.2 Å². The minimum Gasteiger partial charge on any atom is -0.482 e. The first kappa shape index (κ1) is 20.5. The second kappa shape index (κ2) is 8.52. The molecule has 0 aromatic heterocycles. The van der Waals surface area contributed by atoms with Gasteiger partial charge in [0.05, 0.1) is 5.56 Å². The summed E-state index contributed by atoms with van der Waals surface area (Å²) in [5.41, 5.74) is 1.12. The zero-order valence-electron chi connectivity index (χ0n) is 16.6. The fourth-order valence-electron chi connectivity index (χ4n) is 4.04. The van der Waals surface area contributed by atoms with E-state index in [2.05, 4.69) is 17.0 Å². The monoisotopic (exact) mass is 411 g/mol. The average Bonchev–Trinajstić information content (AvgIpc) is 2.76. The number of ether oxygens (including phenoxy) is 1. The Hall–Kier alpha value is -2.79. The lowest BCUT2D eigenvalue weighted by molar-refractivity contribution is -0.137. The van der Waals surface area contributed by atoms with Gasteiger partial charge in [-0.2, -0.15) is 13.2 Å². The summed E-state index contributed by atoms with van der Waals surface area (Å²) in [5.74, 6) is 0.461. The van der Waals surface area contributed by atoms with Gasteiger partial charge in [0, 0.05) is 32.5 Å². The second-order valence-electron chi connectivity index (χ2n) is 7.75. The predicted molar refractivity (Wildman–Crippen MR) is 111 cm³/mol. The van der Waals surface area contributed by atoms with Gasteiger partial charge in [-0.15, -0.1) is 0 Å². The van der Waals surface area contributed by atoms with Crippen molar-refractivity contribution in [1.82, 2.24) is 4.90 Å². The lowest BCUT2D eigenvalue weighted by Crippen LogP contribution is -2.45. The van der Waals surface area contributed by atoms with Crippen LogP contribution in [0.1, 0.15) is 29.5 Å². The molecule has 0 aliphatic carbocycles. The largest absolute Gasteiger partial charge is 0.482 e. The molecule has 0 bridgehead atoms. The third-order valence-electron chi connectivity index (χ3n) is 5.71. The number of hydrogen-bond donors (Lipinski definition) is 0. The number of rotatable bonds is 5. The highest BCUT2D eigenvalue weighted by Gasteiger charge is 2.38. The van der Waals surface area contributed by atoms with Gasteiger partial charge in [-0.1, -0.05) is 60.7 Å². The normalized spacial score (nSPS) is 16.9. The van der Waals surface area contributed by atoms with Crippen molar-refractivity contribution in [2.45, 2.75) is 31.2 Å². The standard InChI is InChI=1S/C25H24F3NO/c26-25(27,28)22-11-13-23(14-12-22)30-24(21-9-5-2-6-10-21)15-17-29(18-16-24)19-20-7-3-1-4-8-20/h1-14H,15-19H2. The van der Waals surface area contributed by atoms with E-state index in [-0.39, 0.29) is 0 Å². The fourth-order valence-corrected chi connectivity index (χ4v) is 4.04. The molecule has 1 aliphatic heterocycles. The van der Waals surface area contributed by atoms with Crippen LogP contribution in [0, 0.1) is 0 Å². The third-order valence-corrected chi connectivity index (χ3v) is 5.71. The Morgan fingerprint density at radius 3 is 1.90 bits per heavy atom. The molecule has 0 atom stereocenters. The van der Waals surface area contributed by atoms with E-state index in [1.54, 1.807) is 0 Å². The molecule has 2 nitrogen and oxygen atoms in total. The lowest BCUT2D eigenvalue weighted by Gasteiger charge is -2.42. The molecule has 0 amide bonds. The van der Waals surface area contributed by atoms with E-state index < -0.39 is 17.3 Å². The van der Waals surface area contributed by atoms with Crippen molar-refractivity contribution in [2.24, 2.45) is 0 Å². The van der Waals surface area contributed by atoms with Crippen LogP contribution in [-0.2, 0) is 18.3 Å². The predicted octanol–water partition coefficient (Wildman–Crippen LogP) is 6.28. The van der Waals surface area contributed by atoms with Crippen molar-refractivity contribution in [2.75, 3.05) is 13.1 Å². The fraction of sp³-hybridized carbons (Fsp3) is 0.280. The van der Waals surface area contributed by atoms with Crippen molar-refractivity contribution in [3.05, 3.63) is 102 Å². The van der Waals surface area contributed by atoms with Gasteiger partial charge in [0.25, 0.3) is 0 Å². The zero-order chi connectivity index (χ0) is 21.0. The molecule has 5 heteroatoms. The van der Waals surface area contributed by atoms with Crippen LogP contribution >= 0.6 is 0 Å². The summed E-state index contributed by atoms with van der Waals surface area (Å²) in [6.45, 7) is 2.58. The van der Waals surface area contributed by atoms with Gasteiger partial charge < -0.3 is 4.74 Å². The highest BCUT2D eigenvalue weighted by atomic mass is 19.4. The molecule has 3 aromatic rings. The van der Waals surface area contributed by atoms with Crippen molar-refractivity contribution < 1.29 is 17.9 Å². The van der Waals surface area contributed by atoms with Crippen LogP contribution in [-0.4, -0.2) is 18.0 Å². The maximum absolute atomic E-state index is 12.9. The number of nitrogens with zero attached hydrogens (tertiary/aromatic N) is 1. The van der Waals surface area contributed by atoms with Crippen LogP contribution in [0.15, 0.2) is 84.9 Å². The van der Waals surface area contributed by atoms with Crippen LogP contribution in [0.2, 0.25) is 0 Å². The topological polar surface area (TPSA) is 12.5 Å². The lowest BCUT2D eigenvalue weighted by atomic mass is 9.84. The van der Waals surface area contributed by atoms with Crippen molar-refractivity contribution >= 4 is 0 Å². The molecule has 1 aliphatic rings. The summed E-state index contributed by atoms with van der Waals surface area (Å²) in [6.07, 6.45) is -2.81. The number of likely N-dealkylation sites (tertiary alicyclic amines) is 1. The molecule has 3 aromatic carbocycles. The van der Waals surface area contributed by atoms with E-state index >= 15 is 0 Å². The van der Waals surface area contributed by atoms with Gasteiger partial charge in [-0.3, -0.25) is 4.90 Å². The molecule has 0 radical (unpaired) electrons. The van der Waals surface area contributed by atoms with E-state index in [0.29, 0.717) is 5.75 Å². The smallest absolute Gasteiger partial charge is 0.416 e. The quantitative estimate of drug-likeness (QED) is 0.490. The van der Waals surface area contributed by atoms with Crippen molar-refractivity contribution in [3.8, 4) is 5.75 Å². The highest BCUT2D eigenvalue weighted by Crippen LogP contribution is 2.39. The number of piperidine rings is 1. The van der Waals surface area contributed by atoms with Crippen LogP contribution in [0.3, 0.4) is 0 Å². The molecule has 1 saturated heterocycles. The molecular formula is C25H24F3NO. The number of halogens is 3. The Morgan fingerprint density at radius 2 is 1.33 bits per heavy atom. The number of hydrogen-bond acceptors (Lipinski definition) is 2. The molecule has 4 rings (SSSR count). The molecule has 0 spiro atoms. The summed E-state index contributed by atoms with van der Waals surface area (Å²) < 4.78 is 45.1. The van der Waals surface area contributed by atoms with Crippen LogP contribution in [0.25, 0.3) is 0 Å². The van der Waals surface area contributed by atoms with Gasteiger partial charge in [-0.25, -0.2) is 0 Å². The van der Waals surface area contributed by atoms with Gasteiger partial charge >= 0.3 is 6.18 Å². The Kier molecular flexibility index (Phi) is 5.82. The van der Waals surface area contributed by atoms with Gasteiger partial charge in [0.15, 0.2) is 0 Å². The summed E-state index contributed by atoms with van der Waals surface area (Å²) in [7, 11) is 0. The minimum atomic E-state index is -4.35. The third kappa shape index (κ3) is 4.68. The molecule has 30 heavy (non-hydrogen) atoms. The first-order chi connectivity index (χ1) is 14.4. The van der Waals surface area contributed by atoms with E-state index in [9.17, 15) is 13.2 Å².